The second-order valence-electron chi connectivity index (χ2n) is 5.24. The van der Waals surface area contributed by atoms with Crippen LogP contribution in [-0.2, 0) is 0 Å². The fourth-order valence-corrected chi connectivity index (χ4v) is 2.36. The highest BCUT2D eigenvalue weighted by Crippen LogP contribution is 2.13. The van der Waals surface area contributed by atoms with Crippen LogP contribution in [0.5, 0.6) is 0 Å². The van der Waals surface area contributed by atoms with Crippen LogP contribution in [0.2, 0.25) is 0 Å². The van der Waals surface area contributed by atoms with Gasteiger partial charge in [-0.25, -0.2) is 9.07 Å². The molecule has 0 aliphatic heterocycles. The SMILES string of the molecule is O=C(NC(CO)c1ccccc1)c1ccn(-c2cccc(F)c2)n1. The second kappa shape index (κ2) is 7.06. The zero-order chi connectivity index (χ0) is 16.9. The van der Waals surface area contributed by atoms with Crippen molar-refractivity contribution in [3.05, 3.63) is 83.9 Å². The molecule has 0 radical (unpaired) electrons. The fourth-order valence-electron chi connectivity index (χ4n) is 2.36. The van der Waals surface area contributed by atoms with Crippen LogP contribution in [0.15, 0.2) is 66.9 Å². The summed E-state index contributed by atoms with van der Waals surface area (Å²) in [6.45, 7) is -0.222. The summed E-state index contributed by atoms with van der Waals surface area (Å²) in [5.74, 6) is -0.786. The molecule has 1 amide bonds. The smallest absolute Gasteiger partial charge is 0.272 e. The van der Waals surface area contributed by atoms with Crippen molar-refractivity contribution in [1.29, 1.82) is 0 Å². The van der Waals surface area contributed by atoms with Crippen molar-refractivity contribution in [2.24, 2.45) is 0 Å². The molecule has 2 aromatic carbocycles. The summed E-state index contributed by atoms with van der Waals surface area (Å²) >= 11 is 0. The molecule has 1 heterocycles. The number of halogens is 1. The molecule has 5 nitrogen and oxygen atoms in total. The zero-order valence-corrected chi connectivity index (χ0v) is 12.8. The van der Waals surface area contributed by atoms with Gasteiger partial charge in [-0.05, 0) is 29.8 Å². The highest BCUT2D eigenvalue weighted by atomic mass is 19.1. The highest BCUT2D eigenvalue weighted by Gasteiger charge is 2.17. The Morgan fingerprint density at radius 1 is 1.17 bits per heavy atom. The van der Waals surface area contributed by atoms with Crippen LogP contribution in [0.4, 0.5) is 4.39 Å². The van der Waals surface area contributed by atoms with E-state index in [-0.39, 0.29) is 18.1 Å². The van der Waals surface area contributed by atoms with Crippen LogP contribution >= 0.6 is 0 Å². The van der Waals surface area contributed by atoms with Crippen LogP contribution in [-0.4, -0.2) is 27.4 Å². The van der Waals surface area contributed by atoms with E-state index in [0.29, 0.717) is 5.69 Å². The Hall–Kier alpha value is -2.99. The molecule has 1 atom stereocenters. The molecule has 0 fully saturated rings. The molecule has 1 unspecified atom stereocenters. The summed E-state index contributed by atoms with van der Waals surface area (Å²) < 4.78 is 14.7. The third-order valence-electron chi connectivity index (χ3n) is 3.58. The van der Waals surface area contributed by atoms with E-state index in [1.54, 1.807) is 24.4 Å². The molecule has 6 heteroatoms. The van der Waals surface area contributed by atoms with E-state index in [0.717, 1.165) is 5.56 Å². The van der Waals surface area contributed by atoms with E-state index in [4.69, 9.17) is 0 Å². The topological polar surface area (TPSA) is 67.2 Å². The fraction of sp³-hybridized carbons (Fsp3) is 0.111. The number of carbonyl (C=O) groups excluding carboxylic acids is 1. The maximum atomic E-state index is 13.3. The van der Waals surface area contributed by atoms with Crippen molar-refractivity contribution in [3.63, 3.8) is 0 Å². The van der Waals surface area contributed by atoms with Gasteiger partial charge >= 0.3 is 0 Å². The van der Waals surface area contributed by atoms with Crippen LogP contribution < -0.4 is 5.32 Å². The number of aromatic nitrogens is 2. The van der Waals surface area contributed by atoms with Gasteiger partial charge in [-0.3, -0.25) is 4.79 Å². The molecule has 0 saturated carbocycles. The number of aliphatic hydroxyl groups excluding tert-OH is 1. The van der Waals surface area contributed by atoms with E-state index >= 15 is 0 Å². The predicted octanol–water partition coefficient (Wildman–Crippen LogP) is 2.47. The van der Waals surface area contributed by atoms with E-state index in [1.165, 1.54) is 16.8 Å². The second-order valence-corrected chi connectivity index (χ2v) is 5.24. The molecule has 0 aliphatic carbocycles. The number of carbonyl (C=O) groups is 1. The van der Waals surface area contributed by atoms with E-state index in [9.17, 15) is 14.3 Å². The van der Waals surface area contributed by atoms with Gasteiger partial charge in [0, 0.05) is 6.20 Å². The standard InChI is InChI=1S/C18H16FN3O2/c19-14-7-4-8-15(11-14)22-10-9-16(21-22)18(24)20-17(12-23)13-5-2-1-3-6-13/h1-11,17,23H,12H2,(H,20,24). The van der Waals surface area contributed by atoms with Gasteiger partial charge < -0.3 is 10.4 Å². The largest absolute Gasteiger partial charge is 0.394 e. The number of nitrogens with zero attached hydrogens (tertiary/aromatic N) is 2. The molecule has 0 spiro atoms. The molecular weight excluding hydrogens is 309 g/mol. The first-order chi connectivity index (χ1) is 11.7. The number of nitrogens with one attached hydrogen (secondary N) is 1. The lowest BCUT2D eigenvalue weighted by Crippen LogP contribution is -2.31. The van der Waals surface area contributed by atoms with Gasteiger partial charge in [-0.1, -0.05) is 36.4 Å². The molecule has 0 bridgehead atoms. The molecule has 24 heavy (non-hydrogen) atoms. The average Bonchev–Trinajstić information content (AvgIpc) is 3.10. The quantitative estimate of drug-likeness (QED) is 0.757. The third kappa shape index (κ3) is 3.49. The minimum absolute atomic E-state index is 0.189. The molecule has 0 aliphatic rings. The Morgan fingerprint density at radius 2 is 1.96 bits per heavy atom. The summed E-state index contributed by atoms with van der Waals surface area (Å²) in [7, 11) is 0. The Morgan fingerprint density at radius 3 is 2.67 bits per heavy atom. The first-order valence-corrected chi connectivity index (χ1v) is 7.45. The molecule has 2 N–H and O–H groups in total. The van der Waals surface area contributed by atoms with Gasteiger partial charge in [0.15, 0.2) is 5.69 Å². The van der Waals surface area contributed by atoms with Crippen LogP contribution in [0.3, 0.4) is 0 Å². The molecule has 0 saturated heterocycles. The number of hydrogen-bond donors (Lipinski definition) is 2. The molecule has 122 valence electrons. The minimum Gasteiger partial charge on any atom is -0.394 e. The van der Waals surface area contributed by atoms with Crippen LogP contribution in [0.25, 0.3) is 5.69 Å². The van der Waals surface area contributed by atoms with Gasteiger partial charge in [-0.15, -0.1) is 0 Å². The lowest BCUT2D eigenvalue weighted by molar-refractivity contribution is 0.0910. The highest BCUT2D eigenvalue weighted by molar-refractivity contribution is 5.92. The summed E-state index contributed by atoms with van der Waals surface area (Å²) in [5, 5.41) is 16.4. The number of amides is 1. The monoisotopic (exact) mass is 325 g/mol. The molecule has 1 aromatic heterocycles. The molecule has 3 rings (SSSR count). The first-order valence-electron chi connectivity index (χ1n) is 7.45. The van der Waals surface area contributed by atoms with Crippen LogP contribution in [0.1, 0.15) is 22.1 Å². The molecular formula is C18H16FN3O2. The maximum Gasteiger partial charge on any atom is 0.272 e. The number of rotatable bonds is 5. The minimum atomic E-state index is -0.516. The van der Waals surface area contributed by atoms with E-state index < -0.39 is 11.9 Å². The van der Waals surface area contributed by atoms with Gasteiger partial charge in [-0.2, -0.15) is 5.10 Å². The third-order valence-corrected chi connectivity index (χ3v) is 3.58. The summed E-state index contributed by atoms with van der Waals surface area (Å²) in [4.78, 5) is 12.3. The first kappa shape index (κ1) is 15.9. The van der Waals surface area contributed by atoms with Crippen molar-refractivity contribution in [3.8, 4) is 5.69 Å². The van der Waals surface area contributed by atoms with Crippen molar-refractivity contribution in [2.75, 3.05) is 6.61 Å². The van der Waals surface area contributed by atoms with E-state index in [2.05, 4.69) is 10.4 Å². The summed E-state index contributed by atoms with van der Waals surface area (Å²) in [6, 6.07) is 16.1. The Balaban J connectivity index is 1.76. The normalized spacial score (nSPS) is 11.9. The summed E-state index contributed by atoms with van der Waals surface area (Å²) in [6.07, 6.45) is 1.58. The van der Waals surface area contributed by atoms with Crippen LogP contribution in [0, 0.1) is 5.82 Å². The van der Waals surface area contributed by atoms with Crippen molar-refractivity contribution >= 4 is 5.91 Å². The number of benzene rings is 2. The van der Waals surface area contributed by atoms with Crippen molar-refractivity contribution in [2.45, 2.75) is 6.04 Å². The zero-order valence-electron chi connectivity index (χ0n) is 12.8. The Kier molecular flexibility index (Phi) is 4.67. The Labute approximate surface area is 138 Å². The van der Waals surface area contributed by atoms with Crippen molar-refractivity contribution < 1.29 is 14.3 Å². The average molecular weight is 325 g/mol. The molecule has 3 aromatic rings. The van der Waals surface area contributed by atoms with Gasteiger partial charge in [0.1, 0.15) is 5.82 Å². The summed E-state index contributed by atoms with van der Waals surface area (Å²) in [5.41, 5.74) is 1.52. The van der Waals surface area contributed by atoms with Gasteiger partial charge in [0.2, 0.25) is 0 Å². The van der Waals surface area contributed by atoms with Gasteiger partial charge in [0.25, 0.3) is 5.91 Å². The maximum absolute atomic E-state index is 13.3. The lowest BCUT2D eigenvalue weighted by Gasteiger charge is -2.15. The van der Waals surface area contributed by atoms with Crippen molar-refractivity contribution in [1.82, 2.24) is 15.1 Å². The number of hydrogen-bond acceptors (Lipinski definition) is 3. The predicted molar refractivity (Wildman–Crippen MR) is 87.3 cm³/mol. The van der Waals surface area contributed by atoms with Gasteiger partial charge in [0.05, 0.1) is 18.3 Å². The number of aliphatic hydroxyl groups is 1. The lowest BCUT2D eigenvalue weighted by atomic mass is 10.1. The van der Waals surface area contributed by atoms with E-state index in [1.807, 2.05) is 30.3 Å². The Bertz CT molecular complexity index is 833.